The van der Waals surface area contributed by atoms with Crippen LogP contribution in [0.5, 0.6) is 0 Å². The zero-order valence-electron chi connectivity index (χ0n) is 27.8. The smallest absolute Gasteiger partial charge is 0.146 e. The number of hydrogen-bond donors (Lipinski definition) is 0. The van der Waals surface area contributed by atoms with E-state index in [4.69, 9.17) is 4.98 Å². The minimum absolute atomic E-state index is 0.0613. The van der Waals surface area contributed by atoms with E-state index in [1.807, 2.05) is 33.8 Å². The minimum Gasteiger partial charge on any atom is -0.291 e. The van der Waals surface area contributed by atoms with Gasteiger partial charge in [-0.3, -0.25) is 4.40 Å². The lowest BCUT2D eigenvalue weighted by Crippen LogP contribution is -2.25. The molecule has 0 bridgehead atoms. The van der Waals surface area contributed by atoms with Crippen molar-refractivity contribution in [3.05, 3.63) is 95.0 Å². The van der Waals surface area contributed by atoms with Crippen LogP contribution in [-0.4, -0.2) is 9.38 Å². The Balaban J connectivity index is 0.000000921. The van der Waals surface area contributed by atoms with Crippen molar-refractivity contribution in [2.24, 2.45) is 5.92 Å². The van der Waals surface area contributed by atoms with E-state index in [0.717, 1.165) is 33.3 Å². The van der Waals surface area contributed by atoms with Gasteiger partial charge in [0.25, 0.3) is 0 Å². The summed E-state index contributed by atoms with van der Waals surface area (Å²) in [5, 5.41) is 3.37. The standard InChI is InChI=1S/C32H35FN2.2C2H6.C2H4/c1-17(2)32(8,9)26-15-19(4)14-25-24-11-10-23(33)16-27(24)35-30(22(7)34-31(35)29(25)26)28-20(5)12-18(3)13-21(28)6;3*1-2/h10-17H,1-9H3;2*1-2H3;1-2H2. The predicted molar refractivity (Wildman–Crippen MR) is 181 cm³/mol. The number of aryl methyl sites for hydroxylation is 5. The van der Waals surface area contributed by atoms with Crippen LogP contribution in [-0.2, 0) is 5.41 Å². The Labute approximate surface area is 248 Å². The number of fused-ring (bicyclic) bond motifs is 6. The van der Waals surface area contributed by atoms with Crippen LogP contribution in [0.15, 0.2) is 55.6 Å². The van der Waals surface area contributed by atoms with E-state index in [1.54, 1.807) is 12.1 Å². The van der Waals surface area contributed by atoms with Crippen molar-refractivity contribution in [1.82, 2.24) is 9.38 Å². The highest BCUT2D eigenvalue weighted by atomic mass is 19.1. The Hall–Kier alpha value is -3.46. The van der Waals surface area contributed by atoms with Gasteiger partial charge in [-0.2, -0.15) is 0 Å². The van der Waals surface area contributed by atoms with Crippen molar-refractivity contribution in [3.8, 4) is 11.3 Å². The van der Waals surface area contributed by atoms with Crippen molar-refractivity contribution in [2.45, 2.75) is 95.4 Å². The van der Waals surface area contributed by atoms with Gasteiger partial charge in [0.1, 0.15) is 11.5 Å². The van der Waals surface area contributed by atoms with E-state index in [-0.39, 0.29) is 11.2 Å². The summed E-state index contributed by atoms with van der Waals surface area (Å²) in [5.41, 5.74) is 11.1. The number of hydrogen-bond acceptors (Lipinski definition) is 1. The fourth-order valence-electron chi connectivity index (χ4n) is 5.75. The minimum atomic E-state index is -0.233. The Morgan fingerprint density at radius 2 is 1.32 bits per heavy atom. The molecule has 2 heterocycles. The average molecular weight is 555 g/mol. The summed E-state index contributed by atoms with van der Waals surface area (Å²) in [6.07, 6.45) is 0. The highest BCUT2D eigenvalue weighted by Gasteiger charge is 2.30. The summed E-state index contributed by atoms with van der Waals surface area (Å²) in [7, 11) is 0. The number of nitrogens with zero attached hydrogens (tertiary/aromatic N) is 2. The monoisotopic (exact) mass is 554 g/mol. The lowest BCUT2D eigenvalue weighted by atomic mass is 9.73. The molecule has 0 atom stereocenters. The van der Waals surface area contributed by atoms with Gasteiger partial charge in [-0.15, -0.1) is 13.2 Å². The Morgan fingerprint density at radius 3 is 1.85 bits per heavy atom. The van der Waals surface area contributed by atoms with Crippen molar-refractivity contribution < 1.29 is 4.39 Å². The zero-order chi connectivity index (χ0) is 31.4. The molecule has 0 saturated heterocycles. The third kappa shape index (κ3) is 5.96. The molecule has 0 aliphatic heterocycles. The molecule has 0 aliphatic rings. The van der Waals surface area contributed by atoms with Gasteiger partial charge in [0, 0.05) is 16.3 Å². The molecule has 0 aliphatic carbocycles. The van der Waals surface area contributed by atoms with Gasteiger partial charge in [-0.1, -0.05) is 90.8 Å². The quantitative estimate of drug-likeness (QED) is 0.160. The highest BCUT2D eigenvalue weighted by Crippen LogP contribution is 2.43. The maximum absolute atomic E-state index is 14.7. The molecule has 5 rings (SSSR count). The zero-order valence-corrected chi connectivity index (χ0v) is 27.8. The first-order chi connectivity index (χ1) is 19.4. The van der Waals surface area contributed by atoms with Crippen LogP contribution in [0.25, 0.3) is 38.6 Å². The van der Waals surface area contributed by atoms with Crippen LogP contribution in [0.4, 0.5) is 4.39 Å². The first-order valence-electron chi connectivity index (χ1n) is 15.0. The SMILES string of the molecule is C=C.CC.CC.Cc1cc(C)c(-c2c(C)nc3c4c(C(C)(C)C(C)C)cc(C)cc4c4ccc(F)cc4n23)c(C)c1. The van der Waals surface area contributed by atoms with E-state index in [1.165, 1.54) is 38.8 Å². The van der Waals surface area contributed by atoms with Gasteiger partial charge in [0.2, 0.25) is 0 Å². The maximum Gasteiger partial charge on any atom is 0.146 e. The Kier molecular flexibility index (Phi) is 11.1. The van der Waals surface area contributed by atoms with Crippen LogP contribution < -0.4 is 0 Å². The molecule has 0 N–H and O–H groups in total. The number of halogens is 1. The fraction of sp³-hybridized carbons (Fsp3) is 0.395. The largest absolute Gasteiger partial charge is 0.291 e. The topological polar surface area (TPSA) is 17.3 Å². The van der Waals surface area contributed by atoms with Gasteiger partial charge < -0.3 is 0 Å². The maximum atomic E-state index is 14.7. The first kappa shape index (κ1) is 33.7. The van der Waals surface area contributed by atoms with Crippen molar-refractivity contribution in [1.29, 1.82) is 0 Å². The van der Waals surface area contributed by atoms with Gasteiger partial charge in [-0.25, -0.2) is 9.37 Å². The summed E-state index contributed by atoms with van der Waals surface area (Å²) in [6.45, 7) is 33.9. The molecule has 2 nitrogen and oxygen atoms in total. The molecule has 3 aromatic carbocycles. The molecule has 0 fully saturated rings. The molecule has 3 heteroatoms. The van der Waals surface area contributed by atoms with Gasteiger partial charge in [0.05, 0.1) is 16.9 Å². The second-order valence-corrected chi connectivity index (χ2v) is 11.3. The highest BCUT2D eigenvalue weighted by molar-refractivity contribution is 6.14. The molecular weight excluding hydrogens is 503 g/mol. The normalized spacial score (nSPS) is 11.1. The summed E-state index contributed by atoms with van der Waals surface area (Å²) in [4.78, 5) is 5.21. The molecule has 0 spiro atoms. The van der Waals surface area contributed by atoms with Crippen LogP contribution >= 0.6 is 0 Å². The third-order valence-electron chi connectivity index (χ3n) is 8.10. The number of pyridine rings is 1. The lowest BCUT2D eigenvalue weighted by molar-refractivity contribution is 0.375. The molecule has 0 radical (unpaired) electrons. The molecule has 220 valence electrons. The first-order valence-corrected chi connectivity index (χ1v) is 15.0. The van der Waals surface area contributed by atoms with Gasteiger partial charge in [-0.05, 0) is 86.2 Å². The Bertz CT molecular complexity index is 1640. The number of benzene rings is 3. The van der Waals surface area contributed by atoms with Crippen molar-refractivity contribution in [2.75, 3.05) is 0 Å². The summed E-state index contributed by atoms with van der Waals surface area (Å²) >= 11 is 0. The second kappa shape index (κ2) is 13.5. The number of aromatic nitrogens is 2. The summed E-state index contributed by atoms with van der Waals surface area (Å²) < 4.78 is 17.0. The lowest BCUT2D eigenvalue weighted by Gasteiger charge is -2.32. The molecule has 0 unspecified atom stereocenters. The predicted octanol–water partition coefficient (Wildman–Crippen LogP) is 11.8. The molecule has 2 aromatic heterocycles. The molecule has 0 saturated carbocycles. The molecule has 41 heavy (non-hydrogen) atoms. The molecular formula is C38H51FN2. The van der Waals surface area contributed by atoms with E-state index in [2.05, 4.69) is 104 Å². The van der Waals surface area contributed by atoms with E-state index in [9.17, 15) is 4.39 Å². The second-order valence-electron chi connectivity index (χ2n) is 11.3. The third-order valence-corrected chi connectivity index (χ3v) is 8.10. The molecule has 5 aromatic rings. The Morgan fingerprint density at radius 1 is 0.780 bits per heavy atom. The molecule has 0 amide bonds. The fourth-order valence-corrected chi connectivity index (χ4v) is 5.75. The summed E-state index contributed by atoms with van der Waals surface area (Å²) in [6, 6.07) is 14.2. The number of imidazole rings is 1. The van der Waals surface area contributed by atoms with Gasteiger partial charge in [0.15, 0.2) is 0 Å². The summed E-state index contributed by atoms with van der Waals surface area (Å²) in [5.74, 6) is 0.205. The van der Waals surface area contributed by atoms with Gasteiger partial charge >= 0.3 is 0 Å². The van der Waals surface area contributed by atoms with Crippen LogP contribution in [0.3, 0.4) is 0 Å². The number of rotatable bonds is 3. The van der Waals surface area contributed by atoms with E-state index < -0.39 is 0 Å². The van der Waals surface area contributed by atoms with Crippen molar-refractivity contribution in [3.63, 3.8) is 0 Å². The van der Waals surface area contributed by atoms with Crippen LogP contribution in [0.1, 0.15) is 88.9 Å². The van der Waals surface area contributed by atoms with Crippen LogP contribution in [0, 0.1) is 46.4 Å². The average Bonchev–Trinajstić information content (AvgIpc) is 3.27. The van der Waals surface area contributed by atoms with E-state index in [0.29, 0.717) is 5.92 Å². The van der Waals surface area contributed by atoms with Crippen LogP contribution in [0.2, 0.25) is 0 Å². The van der Waals surface area contributed by atoms with Crippen molar-refractivity contribution >= 4 is 27.3 Å². The van der Waals surface area contributed by atoms with E-state index >= 15 is 0 Å².